The fourth-order valence-electron chi connectivity index (χ4n) is 2.73. The van der Waals surface area contributed by atoms with Crippen molar-refractivity contribution in [2.45, 2.75) is 51.5 Å². The van der Waals surface area contributed by atoms with Crippen molar-refractivity contribution in [2.24, 2.45) is 11.8 Å². The highest BCUT2D eigenvalue weighted by molar-refractivity contribution is 5.86. The highest BCUT2D eigenvalue weighted by Crippen LogP contribution is 2.29. The van der Waals surface area contributed by atoms with Crippen LogP contribution in [-0.2, 0) is 23.9 Å². The van der Waals surface area contributed by atoms with Crippen LogP contribution in [0.25, 0.3) is 0 Å². The zero-order valence-corrected chi connectivity index (χ0v) is 13.0. The summed E-state index contributed by atoms with van der Waals surface area (Å²) in [5, 5.41) is 2.77. The molecule has 0 saturated heterocycles. The van der Waals surface area contributed by atoms with E-state index in [4.69, 9.17) is 9.47 Å². The van der Waals surface area contributed by atoms with Crippen molar-refractivity contribution in [3.05, 3.63) is 0 Å². The van der Waals surface area contributed by atoms with Crippen molar-refractivity contribution in [1.29, 1.82) is 0 Å². The van der Waals surface area contributed by atoms with E-state index in [1.54, 1.807) is 0 Å². The van der Waals surface area contributed by atoms with Crippen LogP contribution in [0.5, 0.6) is 0 Å². The average molecular weight is 299 g/mol. The fourth-order valence-corrected chi connectivity index (χ4v) is 2.73. The average Bonchev–Trinajstić information content (AvgIpc) is 2.52. The number of rotatable bonds is 6. The molecule has 6 heteroatoms. The Morgan fingerprint density at radius 3 is 2.10 bits per heavy atom. The Morgan fingerprint density at radius 1 is 1.05 bits per heavy atom. The molecule has 1 aliphatic carbocycles. The molecule has 0 aliphatic heterocycles. The van der Waals surface area contributed by atoms with Crippen LogP contribution in [0, 0.1) is 11.8 Å². The minimum absolute atomic E-state index is 0.105. The van der Waals surface area contributed by atoms with Crippen molar-refractivity contribution in [3.8, 4) is 0 Å². The molecule has 1 rings (SSSR count). The molecule has 21 heavy (non-hydrogen) atoms. The van der Waals surface area contributed by atoms with E-state index in [1.807, 2.05) is 6.92 Å². The first-order valence-corrected chi connectivity index (χ1v) is 7.49. The molecule has 0 aromatic carbocycles. The number of hydrogen-bond donors (Lipinski definition) is 1. The van der Waals surface area contributed by atoms with Gasteiger partial charge in [-0.2, -0.15) is 0 Å². The van der Waals surface area contributed by atoms with Gasteiger partial charge in [0, 0.05) is 5.92 Å². The topological polar surface area (TPSA) is 81.7 Å². The van der Waals surface area contributed by atoms with Gasteiger partial charge in [0.1, 0.15) is 6.04 Å². The van der Waals surface area contributed by atoms with Gasteiger partial charge >= 0.3 is 11.9 Å². The third kappa shape index (κ3) is 5.02. The normalized spacial score (nSPS) is 23.0. The van der Waals surface area contributed by atoms with E-state index in [9.17, 15) is 14.4 Å². The smallest absolute Gasteiger partial charge is 0.328 e. The lowest BCUT2D eigenvalue weighted by Crippen LogP contribution is -2.45. The molecule has 1 amide bonds. The first-order chi connectivity index (χ1) is 10.0. The van der Waals surface area contributed by atoms with Crippen molar-refractivity contribution in [3.63, 3.8) is 0 Å². The minimum atomic E-state index is -0.578. The van der Waals surface area contributed by atoms with Gasteiger partial charge in [-0.05, 0) is 32.1 Å². The van der Waals surface area contributed by atoms with Crippen LogP contribution in [0.3, 0.4) is 0 Å². The second-order valence-electron chi connectivity index (χ2n) is 5.44. The second-order valence-corrected chi connectivity index (χ2v) is 5.44. The summed E-state index contributed by atoms with van der Waals surface area (Å²) in [6.45, 7) is 1.95. The van der Waals surface area contributed by atoms with Gasteiger partial charge in [-0.25, -0.2) is 4.79 Å². The molecule has 6 nitrogen and oxygen atoms in total. The molecular formula is C15H25NO5. The molecule has 0 aromatic heterocycles. The predicted molar refractivity (Wildman–Crippen MR) is 76.3 cm³/mol. The van der Waals surface area contributed by atoms with Crippen molar-refractivity contribution < 1.29 is 23.9 Å². The molecule has 0 heterocycles. The Bertz CT molecular complexity index is 374. The van der Waals surface area contributed by atoms with E-state index < -0.39 is 12.0 Å². The summed E-state index contributed by atoms with van der Waals surface area (Å²) in [6, 6.07) is -0.578. The summed E-state index contributed by atoms with van der Waals surface area (Å²) in [4.78, 5) is 35.3. The molecule has 1 aliphatic rings. The van der Waals surface area contributed by atoms with Gasteiger partial charge in [-0.3, -0.25) is 9.59 Å². The van der Waals surface area contributed by atoms with Crippen LogP contribution in [0.2, 0.25) is 0 Å². The van der Waals surface area contributed by atoms with Gasteiger partial charge in [0.15, 0.2) is 0 Å². The van der Waals surface area contributed by atoms with Crippen LogP contribution in [0.4, 0.5) is 0 Å². The molecule has 1 fully saturated rings. The van der Waals surface area contributed by atoms with Crippen LogP contribution < -0.4 is 5.32 Å². The summed E-state index contributed by atoms with van der Waals surface area (Å²) in [5.41, 5.74) is 0. The fraction of sp³-hybridized carbons (Fsp3) is 0.800. The molecule has 1 saturated carbocycles. The SMILES string of the molecule is CCC[C@@H](NC(=O)C1CCC(C(=O)OC)CC1)C(=O)OC. The van der Waals surface area contributed by atoms with Gasteiger partial charge in [-0.15, -0.1) is 0 Å². The standard InChI is InChI=1S/C15H25NO5/c1-4-5-12(15(19)21-3)16-13(17)10-6-8-11(9-7-10)14(18)20-2/h10-12H,4-9H2,1-3H3,(H,16,17)/t10?,11?,12-/m1/s1. The molecule has 1 atom stereocenters. The molecular weight excluding hydrogens is 274 g/mol. The quantitative estimate of drug-likeness (QED) is 0.750. The summed E-state index contributed by atoms with van der Waals surface area (Å²) < 4.78 is 9.43. The molecule has 0 aromatic rings. The lowest BCUT2D eigenvalue weighted by molar-refractivity contribution is -0.148. The number of nitrogens with one attached hydrogen (secondary N) is 1. The van der Waals surface area contributed by atoms with Gasteiger partial charge in [0.2, 0.25) is 5.91 Å². The zero-order chi connectivity index (χ0) is 15.8. The monoisotopic (exact) mass is 299 g/mol. The lowest BCUT2D eigenvalue weighted by Gasteiger charge is -2.27. The highest BCUT2D eigenvalue weighted by atomic mass is 16.5. The maximum absolute atomic E-state index is 12.2. The largest absolute Gasteiger partial charge is 0.469 e. The van der Waals surface area contributed by atoms with Crippen LogP contribution in [0.15, 0.2) is 0 Å². The Balaban J connectivity index is 2.49. The van der Waals surface area contributed by atoms with Crippen molar-refractivity contribution in [1.82, 2.24) is 5.32 Å². The Kier molecular flexibility index (Phi) is 7.19. The summed E-state index contributed by atoms with van der Waals surface area (Å²) in [6.07, 6.45) is 3.95. The van der Waals surface area contributed by atoms with E-state index >= 15 is 0 Å². The number of carbonyl (C=O) groups is 3. The molecule has 120 valence electrons. The van der Waals surface area contributed by atoms with Crippen molar-refractivity contribution >= 4 is 17.8 Å². The molecule has 0 unspecified atom stereocenters. The second kappa shape index (κ2) is 8.64. The Labute approximate surface area is 125 Å². The summed E-state index contributed by atoms with van der Waals surface area (Å²) in [7, 11) is 2.70. The Hall–Kier alpha value is -1.59. The maximum atomic E-state index is 12.2. The first kappa shape index (κ1) is 17.5. The lowest BCUT2D eigenvalue weighted by atomic mass is 9.81. The number of carbonyl (C=O) groups excluding carboxylic acids is 3. The zero-order valence-electron chi connectivity index (χ0n) is 13.0. The van der Waals surface area contributed by atoms with Gasteiger partial charge in [-0.1, -0.05) is 13.3 Å². The van der Waals surface area contributed by atoms with E-state index in [2.05, 4.69) is 5.32 Å². The first-order valence-electron chi connectivity index (χ1n) is 7.49. The summed E-state index contributed by atoms with van der Waals surface area (Å²) >= 11 is 0. The highest BCUT2D eigenvalue weighted by Gasteiger charge is 2.32. The number of methoxy groups -OCH3 is 2. The molecule has 1 N–H and O–H groups in total. The van der Waals surface area contributed by atoms with Crippen molar-refractivity contribution in [2.75, 3.05) is 14.2 Å². The third-order valence-electron chi connectivity index (χ3n) is 4.01. The molecule has 0 spiro atoms. The summed E-state index contributed by atoms with van der Waals surface area (Å²) in [5.74, 6) is -0.982. The number of ether oxygens (including phenoxy) is 2. The van der Waals surface area contributed by atoms with Crippen LogP contribution >= 0.6 is 0 Å². The van der Waals surface area contributed by atoms with Gasteiger partial charge in [0.25, 0.3) is 0 Å². The van der Waals surface area contributed by atoms with E-state index in [0.29, 0.717) is 32.1 Å². The van der Waals surface area contributed by atoms with Crippen LogP contribution in [-0.4, -0.2) is 38.1 Å². The number of amides is 1. The van der Waals surface area contributed by atoms with E-state index in [-0.39, 0.29) is 23.7 Å². The van der Waals surface area contributed by atoms with Gasteiger partial charge < -0.3 is 14.8 Å². The number of hydrogen-bond acceptors (Lipinski definition) is 5. The number of esters is 2. The van der Waals surface area contributed by atoms with Crippen LogP contribution in [0.1, 0.15) is 45.4 Å². The predicted octanol–water partition coefficient (Wildman–Crippen LogP) is 1.42. The maximum Gasteiger partial charge on any atom is 0.328 e. The third-order valence-corrected chi connectivity index (χ3v) is 4.01. The molecule has 0 bridgehead atoms. The van der Waals surface area contributed by atoms with Gasteiger partial charge in [0.05, 0.1) is 20.1 Å². The van der Waals surface area contributed by atoms with E-state index in [0.717, 1.165) is 6.42 Å². The minimum Gasteiger partial charge on any atom is -0.469 e. The van der Waals surface area contributed by atoms with E-state index in [1.165, 1.54) is 14.2 Å². The Morgan fingerprint density at radius 2 is 1.62 bits per heavy atom. The molecule has 0 radical (unpaired) electrons.